The van der Waals surface area contributed by atoms with E-state index in [0.29, 0.717) is 18.5 Å². The number of hydrogen-bond acceptors (Lipinski definition) is 4. The molecule has 118 valence electrons. The standard InChI is InChI=1S/C16H20N2O4/c1-11(2)17-9-8-14(19)18(16(17)21)10-12-4-6-13(7-5-12)15(20)22-3/h4-7,11H,8-10H2,1-3H3. The number of urea groups is 1. The number of hydrogen-bond donors (Lipinski definition) is 0. The fourth-order valence-corrected chi connectivity index (χ4v) is 2.39. The summed E-state index contributed by atoms with van der Waals surface area (Å²) < 4.78 is 4.64. The third kappa shape index (κ3) is 3.27. The van der Waals surface area contributed by atoms with Gasteiger partial charge in [-0.2, -0.15) is 0 Å². The van der Waals surface area contributed by atoms with Crippen LogP contribution >= 0.6 is 0 Å². The van der Waals surface area contributed by atoms with E-state index in [0.717, 1.165) is 5.56 Å². The second kappa shape index (κ2) is 6.60. The average Bonchev–Trinajstić information content (AvgIpc) is 2.50. The lowest BCUT2D eigenvalue weighted by Crippen LogP contribution is -2.53. The van der Waals surface area contributed by atoms with Gasteiger partial charge in [-0.25, -0.2) is 9.59 Å². The van der Waals surface area contributed by atoms with E-state index in [2.05, 4.69) is 4.74 Å². The highest BCUT2D eigenvalue weighted by Gasteiger charge is 2.33. The number of imide groups is 1. The highest BCUT2D eigenvalue weighted by atomic mass is 16.5. The predicted molar refractivity (Wildman–Crippen MR) is 80.2 cm³/mol. The first-order valence-corrected chi connectivity index (χ1v) is 7.22. The van der Waals surface area contributed by atoms with Gasteiger partial charge in [-0.05, 0) is 31.5 Å². The largest absolute Gasteiger partial charge is 0.465 e. The molecule has 0 bridgehead atoms. The molecule has 1 aliphatic heterocycles. The zero-order valence-corrected chi connectivity index (χ0v) is 13.0. The Balaban J connectivity index is 2.12. The van der Waals surface area contributed by atoms with Gasteiger partial charge in [-0.1, -0.05) is 12.1 Å². The molecule has 0 radical (unpaired) electrons. The van der Waals surface area contributed by atoms with Crippen LogP contribution in [0.4, 0.5) is 4.79 Å². The quantitative estimate of drug-likeness (QED) is 0.798. The van der Waals surface area contributed by atoms with Crippen molar-refractivity contribution in [2.45, 2.75) is 32.9 Å². The molecule has 0 saturated carbocycles. The third-order valence-electron chi connectivity index (χ3n) is 3.68. The SMILES string of the molecule is COC(=O)c1ccc(CN2C(=O)CCN(C(C)C)C2=O)cc1. The number of ether oxygens (including phenoxy) is 1. The molecule has 6 heteroatoms. The molecule has 1 fully saturated rings. The molecule has 0 atom stereocenters. The second-order valence-corrected chi connectivity index (χ2v) is 5.49. The minimum absolute atomic E-state index is 0.0600. The fourth-order valence-electron chi connectivity index (χ4n) is 2.39. The Bertz CT molecular complexity index is 580. The van der Waals surface area contributed by atoms with E-state index in [-0.39, 0.29) is 24.5 Å². The Kier molecular flexibility index (Phi) is 4.80. The number of benzene rings is 1. The Morgan fingerprint density at radius 3 is 2.41 bits per heavy atom. The minimum Gasteiger partial charge on any atom is -0.465 e. The maximum Gasteiger partial charge on any atom is 0.337 e. The molecule has 3 amide bonds. The molecule has 0 aromatic heterocycles. The van der Waals surface area contributed by atoms with Gasteiger partial charge < -0.3 is 9.64 Å². The first-order valence-electron chi connectivity index (χ1n) is 7.22. The number of amides is 3. The van der Waals surface area contributed by atoms with Crippen molar-refractivity contribution in [3.8, 4) is 0 Å². The van der Waals surface area contributed by atoms with Crippen LogP contribution in [0.1, 0.15) is 36.2 Å². The second-order valence-electron chi connectivity index (χ2n) is 5.49. The molecule has 1 heterocycles. The number of carbonyl (C=O) groups is 3. The summed E-state index contributed by atoms with van der Waals surface area (Å²) in [5.41, 5.74) is 1.23. The molecule has 1 aliphatic rings. The van der Waals surface area contributed by atoms with E-state index in [1.165, 1.54) is 12.0 Å². The lowest BCUT2D eigenvalue weighted by atomic mass is 10.1. The van der Waals surface area contributed by atoms with Gasteiger partial charge in [0, 0.05) is 19.0 Å². The van der Waals surface area contributed by atoms with E-state index in [1.807, 2.05) is 13.8 Å². The molecule has 0 spiro atoms. The monoisotopic (exact) mass is 304 g/mol. The molecule has 0 N–H and O–H groups in total. The van der Waals surface area contributed by atoms with E-state index in [4.69, 9.17) is 0 Å². The molecular formula is C16H20N2O4. The summed E-state index contributed by atoms with van der Waals surface area (Å²) >= 11 is 0. The predicted octanol–water partition coefficient (Wildman–Crippen LogP) is 2.04. The van der Waals surface area contributed by atoms with Crippen molar-refractivity contribution in [2.75, 3.05) is 13.7 Å². The molecule has 0 aliphatic carbocycles. The van der Waals surface area contributed by atoms with E-state index in [9.17, 15) is 14.4 Å². The van der Waals surface area contributed by atoms with Crippen molar-refractivity contribution in [1.29, 1.82) is 0 Å². The average molecular weight is 304 g/mol. The van der Waals surface area contributed by atoms with Gasteiger partial charge in [0.2, 0.25) is 5.91 Å². The topological polar surface area (TPSA) is 66.9 Å². The highest BCUT2D eigenvalue weighted by Crippen LogP contribution is 2.17. The molecule has 2 rings (SSSR count). The van der Waals surface area contributed by atoms with Gasteiger partial charge in [-0.3, -0.25) is 9.69 Å². The first kappa shape index (κ1) is 16.0. The van der Waals surface area contributed by atoms with E-state index in [1.54, 1.807) is 29.2 Å². The van der Waals surface area contributed by atoms with Crippen molar-refractivity contribution < 1.29 is 19.1 Å². The van der Waals surface area contributed by atoms with Crippen LogP contribution in [0.25, 0.3) is 0 Å². The lowest BCUT2D eigenvalue weighted by molar-refractivity contribution is -0.131. The summed E-state index contributed by atoms with van der Waals surface area (Å²) in [5.74, 6) is -0.582. The molecule has 1 aromatic carbocycles. The zero-order valence-electron chi connectivity index (χ0n) is 13.0. The Labute approximate surface area is 129 Å². The molecule has 6 nitrogen and oxygen atoms in total. The zero-order chi connectivity index (χ0) is 16.3. The van der Waals surface area contributed by atoms with Gasteiger partial charge in [0.05, 0.1) is 19.2 Å². The number of nitrogens with zero attached hydrogens (tertiary/aromatic N) is 2. The van der Waals surface area contributed by atoms with Crippen LogP contribution in [-0.4, -0.2) is 47.4 Å². The van der Waals surface area contributed by atoms with Gasteiger partial charge in [0.15, 0.2) is 0 Å². The summed E-state index contributed by atoms with van der Waals surface area (Å²) in [6, 6.07) is 6.50. The van der Waals surface area contributed by atoms with E-state index < -0.39 is 5.97 Å². The smallest absolute Gasteiger partial charge is 0.337 e. The van der Waals surface area contributed by atoms with Crippen LogP contribution in [0, 0.1) is 0 Å². The van der Waals surface area contributed by atoms with Crippen LogP contribution in [0.2, 0.25) is 0 Å². The summed E-state index contributed by atoms with van der Waals surface area (Å²) in [5, 5.41) is 0. The molecular weight excluding hydrogens is 284 g/mol. The normalized spacial score (nSPS) is 15.5. The number of carbonyl (C=O) groups excluding carboxylic acids is 3. The summed E-state index contributed by atoms with van der Waals surface area (Å²) in [7, 11) is 1.32. The van der Waals surface area contributed by atoms with Crippen molar-refractivity contribution in [3.05, 3.63) is 35.4 Å². The lowest BCUT2D eigenvalue weighted by Gasteiger charge is -2.36. The van der Waals surface area contributed by atoms with Crippen LogP contribution in [0.15, 0.2) is 24.3 Å². The van der Waals surface area contributed by atoms with Crippen molar-refractivity contribution in [2.24, 2.45) is 0 Å². The molecule has 0 unspecified atom stereocenters. The highest BCUT2D eigenvalue weighted by molar-refractivity contribution is 5.97. The fraction of sp³-hybridized carbons (Fsp3) is 0.438. The third-order valence-corrected chi connectivity index (χ3v) is 3.68. The maximum atomic E-state index is 12.4. The van der Waals surface area contributed by atoms with Crippen molar-refractivity contribution in [3.63, 3.8) is 0 Å². The van der Waals surface area contributed by atoms with Gasteiger partial charge in [-0.15, -0.1) is 0 Å². The number of esters is 1. The first-order chi connectivity index (χ1) is 10.4. The minimum atomic E-state index is -0.414. The van der Waals surface area contributed by atoms with E-state index >= 15 is 0 Å². The summed E-state index contributed by atoms with van der Waals surface area (Å²) in [6.45, 7) is 4.53. The van der Waals surface area contributed by atoms with Crippen LogP contribution in [0.5, 0.6) is 0 Å². The van der Waals surface area contributed by atoms with Crippen LogP contribution in [-0.2, 0) is 16.1 Å². The van der Waals surface area contributed by atoms with Gasteiger partial charge in [0.25, 0.3) is 0 Å². The Hall–Kier alpha value is -2.37. The summed E-state index contributed by atoms with van der Waals surface area (Å²) in [4.78, 5) is 38.7. The molecule has 1 aromatic rings. The molecule has 1 saturated heterocycles. The Morgan fingerprint density at radius 1 is 1.23 bits per heavy atom. The number of rotatable bonds is 4. The van der Waals surface area contributed by atoms with Crippen molar-refractivity contribution in [1.82, 2.24) is 9.80 Å². The molecule has 22 heavy (non-hydrogen) atoms. The number of methoxy groups -OCH3 is 1. The Morgan fingerprint density at radius 2 is 1.86 bits per heavy atom. The van der Waals surface area contributed by atoms with Crippen molar-refractivity contribution >= 4 is 17.9 Å². The van der Waals surface area contributed by atoms with Crippen LogP contribution < -0.4 is 0 Å². The summed E-state index contributed by atoms with van der Waals surface area (Å²) in [6.07, 6.45) is 0.337. The maximum absolute atomic E-state index is 12.4. The van der Waals surface area contributed by atoms with Crippen LogP contribution in [0.3, 0.4) is 0 Å². The van der Waals surface area contributed by atoms with Gasteiger partial charge in [0.1, 0.15) is 0 Å². The van der Waals surface area contributed by atoms with Gasteiger partial charge >= 0.3 is 12.0 Å².